The molecular formula is C19H26FN3OS. The van der Waals surface area contributed by atoms with Crippen molar-refractivity contribution in [2.24, 2.45) is 5.92 Å². The lowest BCUT2D eigenvalue weighted by atomic mass is 10.1. The summed E-state index contributed by atoms with van der Waals surface area (Å²) in [6.07, 6.45) is 3.79. The Kier molecular flexibility index (Phi) is 7.65. The third-order valence-corrected chi connectivity index (χ3v) is 4.41. The van der Waals surface area contributed by atoms with E-state index in [1.165, 1.54) is 0 Å². The number of aromatic nitrogens is 1. The number of hydrogen-bond donors (Lipinski definition) is 1. The highest BCUT2D eigenvalue weighted by molar-refractivity contribution is 7.94. The Morgan fingerprint density at radius 1 is 1.28 bits per heavy atom. The summed E-state index contributed by atoms with van der Waals surface area (Å²) >= 11 is 0.211. The molecule has 0 aliphatic rings. The Morgan fingerprint density at radius 2 is 2.08 bits per heavy atom. The number of hydrogen-bond acceptors (Lipinski definition) is 4. The molecule has 0 aliphatic carbocycles. The van der Waals surface area contributed by atoms with Gasteiger partial charge in [0.15, 0.2) is 0 Å². The maximum absolute atomic E-state index is 12.7. The van der Waals surface area contributed by atoms with Crippen LogP contribution in [0, 0.1) is 5.92 Å². The zero-order chi connectivity index (χ0) is 18.2. The summed E-state index contributed by atoms with van der Waals surface area (Å²) in [7, 11) is 0. The minimum atomic E-state index is -0.0694. The highest BCUT2D eigenvalue weighted by Crippen LogP contribution is 2.25. The second-order valence-corrected chi connectivity index (χ2v) is 7.29. The fourth-order valence-electron chi connectivity index (χ4n) is 2.65. The van der Waals surface area contributed by atoms with Crippen molar-refractivity contribution in [1.29, 1.82) is 0 Å². The number of amides is 1. The van der Waals surface area contributed by atoms with Crippen molar-refractivity contribution < 1.29 is 8.68 Å². The van der Waals surface area contributed by atoms with Gasteiger partial charge in [0, 0.05) is 16.5 Å². The number of rotatable bonds is 9. The predicted octanol–water partition coefficient (Wildman–Crippen LogP) is 4.91. The van der Waals surface area contributed by atoms with Crippen LogP contribution in [0.5, 0.6) is 0 Å². The van der Waals surface area contributed by atoms with E-state index >= 15 is 0 Å². The minimum absolute atomic E-state index is 0.0694. The molecule has 0 aliphatic heterocycles. The molecular weight excluding hydrogens is 337 g/mol. The summed E-state index contributed by atoms with van der Waals surface area (Å²) in [5, 5.41) is 4.63. The zero-order valence-corrected chi connectivity index (χ0v) is 15.9. The molecule has 0 atom stereocenters. The molecule has 0 unspecified atom stereocenters. The number of benzene rings is 1. The van der Waals surface area contributed by atoms with E-state index in [9.17, 15) is 8.68 Å². The molecule has 0 saturated heterocycles. The van der Waals surface area contributed by atoms with Gasteiger partial charge in [-0.05, 0) is 55.4 Å². The number of nitrogens with one attached hydrogen (secondary N) is 1. The number of pyridine rings is 1. The average Bonchev–Trinajstić information content (AvgIpc) is 2.59. The molecule has 136 valence electrons. The van der Waals surface area contributed by atoms with Gasteiger partial charge in [0.05, 0.1) is 18.7 Å². The number of fused-ring (bicyclic) bond motifs is 1. The summed E-state index contributed by atoms with van der Waals surface area (Å²) in [6, 6.07) is 7.07. The number of halogens is 1. The highest BCUT2D eigenvalue weighted by Gasteiger charge is 2.12. The van der Waals surface area contributed by atoms with Crippen LogP contribution < -0.4 is 5.32 Å². The summed E-state index contributed by atoms with van der Waals surface area (Å²) < 4.78 is 12.7. The minimum Gasteiger partial charge on any atom is -0.310 e. The van der Waals surface area contributed by atoms with Gasteiger partial charge in [-0.15, -0.1) is 0 Å². The van der Waals surface area contributed by atoms with E-state index < -0.39 is 0 Å². The molecule has 0 fully saturated rings. The van der Waals surface area contributed by atoms with Crippen LogP contribution in [0.3, 0.4) is 0 Å². The lowest BCUT2D eigenvalue weighted by molar-refractivity contribution is -0.117. The molecule has 0 saturated carbocycles. The Bertz CT molecular complexity index is 708. The van der Waals surface area contributed by atoms with E-state index in [0.29, 0.717) is 23.2 Å². The Labute approximate surface area is 153 Å². The van der Waals surface area contributed by atoms with Gasteiger partial charge in [-0.3, -0.25) is 9.69 Å². The molecule has 1 heterocycles. The fourth-order valence-corrected chi connectivity index (χ4v) is 2.94. The number of nitrogens with zero attached hydrogens (tertiary/aromatic N) is 2. The zero-order valence-electron chi connectivity index (χ0n) is 15.1. The third kappa shape index (κ3) is 6.29. The predicted molar refractivity (Wildman–Crippen MR) is 104 cm³/mol. The van der Waals surface area contributed by atoms with E-state index in [1.807, 2.05) is 6.07 Å². The van der Waals surface area contributed by atoms with E-state index in [1.54, 1.807) is 24.4 Å². The molecule has 1 aromatic heterocycles. The molecule has 4 nitrogen and oxygen atoms in total. The summed E-state index contributed by atoms with van der Waals surface area (Å²) in [4.78, 5) is 19.3. The average molecular weight is 364 g/mol. The van der Waals surface area contributed by atoms with Crippen molar-refractivity contribution >= 4 is 34.6 Å². The first-order valence-corrected chi connectivity index (χ1v) is 9.44. The maximum atomic E-state index is 12.7. The van der Waals surface area contributed by atoms with Crippen LogP contribution in [-0.4, -0.2) is 35.4 Å². The van der Waals surface area contributed by atoms with Gasteiger partial charge in [0.25, 0.3) is 0 Å². The molecule has 0 bridgehead atoms. The van der Waals surface area contributed by atoms with E-state index in [0.717, 1.165) is 36.7 Å². The smallest absolute Gasteiger partial charge is 0.239 e. The van der Waals surface area contributed by atoms with E-state index in [4.69, 9.17) is 0 Å². The van der Waals surface area contributed by atoms with E-state index in [2.05, 4.69) is 36.0 Å². The summed E-state index contributed by atoms with van der Waals surface area (Å²) in [5.41, 5.74) is 0. The summed E-state index contributed by atoms with van der Waals surface area (Å²) in [6.45, 7) is 8.68. The normalized spacial score (nSPS) is 11.4. The van der Waals surface area contributed by atoms with E-state index in [-0.39, 0.29) is 18.1 Å². The van der Waals surface area contributed by atoms with Gasteiger partial charge in [-0.2, -0.15) is 3.89 Å². The first kappa shape index (κ1) is 19.7. The van der Waals surface area contributed by atoms with Crippen molar-refractivity contribution in [2.75, 3.05) is 25.0 Å². The number of carbonyl (C=O) groups excluding carboxylic acids is 1. The second kappa shape index (κ2) is 9.73. The standard InChI is InChI=1S/C19H26FN3OS/c1-4-8-23(9-7-14(2)3)13-19(24)22-18-11-16-10-17(25-20)6-5-15(16)12-21-18/h5-6,10-12,14H,4,7-9,13H2,1-3H3,(H,21,22,24). The summed E-state index contributed by atoms with van der Waals surface area (Å²) in [5.74, 6) is 1.05. The molecule has 2 rings (SSSR count). The van der Waals surface area contributed by atoms with Crippen LogP contribution >= 0.6 is 12.1 Å². The largest absolute Gasteiger partial charge is 0.310 e. The van der Waals surface area contributed by atoms with Crippen LogP contribution in [0.15, 0.2) is 35.4 Å². The number of carbonyl (C=O) groups is 1. The van der Waals surface area contributed by atoms with Crippen molar-refractivity contribution in [3.05, 3.63) is 30.5 Å². The molecule has 2 aromatic rings. The molecule has 0 radical (unpaired) electrons. The molecule has 6 heteroatoms. The van der Waals surface area contributed by atoms with Crippen LogP contribution in [-0.2, 0) is 4.79 Å². The van der Waals surface area contributed by atoms with Crippen molar-refractivity contribution in [1.82, 2.24) is 9.88 Å². The van der Waals surface area contributed by atoms with Crippen molar-refractivity contribution in [3.63, 3.8) is 0 Å². The van der Waals surface area contributed by atoms with Crippen LogP contribution in [0.4, 0.5) is 9.70 Å². The quantitative estimate of drug-likeness (QED) is 0.688. The van der Waals surface area contributed by atoms with Gasteiger partial charge in [-0.25, -0.2) is 4.98 Å². The Hall–Kier alpha value is -1.66. The molecule has 1 amide bonds. The topological polar surface area (TPSA) is 45.2 Å². The maximum Gasteiger partial charge on any atom is 0.239 e. The van der Waals surface area contributed by atoms with Gasteiger partial charge in [0.1, 0.15) is 5.82 Å². The Balaban J connectivity index is 2.01. The monoisotopic (exact) mass is 363 g/mol. The van der Waals surface area contributed by atoms with Crippen LogP contribution in [0.1, 0.15) is 33.6 Å². The third-order valence-electron chi connectivity index (χ3n) is 3.98. The van der Waals surface area contributed by atoms with Gasteiger partial charge >= 0.3 is 0 Å². The Morgan fingerprint density at radius 3 is 2.76 bits per heavy atom. The van der Waals surface area contributed by atoms with Gasteiger partial charge in [0.2, 0.25) is 5.91 Å². The van der Waals surface area contributed by atoms with Crippen LogP contribution in [0.25, 0.3) is 10.8 Å². The lowest BCUT2D eigenvalue weighted by Crippen LogP contribution is -2.35. The first-order valence-electron chi connectivity index (χ1n) is 8.72. The van der Waals surface area contributed by atoms with Crippen molar-refractivity contribution in [3.8, 4) is 0 Å². The van der Waals surface area contributed by atoms with Crippen molar-refractivity contribution in [2.45, 2.75) is 38.5 Å². The second-order valence-electron chi connectivity index (χ2n) is 6.66. The van der Waals surface area contributed by atoms with Crippen LogP contribution in [0.2, 0.25) is 0 Å². The molecule has 25 heavy (non-hydrogen) atoms. The fraction of sp³-hybridized carbons (Fsp3) is 0.474. The SMILES string of the molecule is CCCN(CCC(C)C)CC(=O)Nc1cc2cc(SF)ccc2cn1. The molecule has 1 N–H and O–H groups in total. The molecule has 0 spiro atoms. The van der Waals surface area contributed by atoms with Gasteiger partial charge < -0.3 is 5.32 Å². The lowest BCUT2D eigenvalue weighted by Gasteiger charge is -2.22. The molecule has 1 aromatic carbocycles. The number of anilines is 1. The van der Waals surface area contributed by atoms with Gasteiger partial charge in [-0.1, -0.05) is 26.8 Å². The highest BCUT2D eigenvalue weighted by atomic mass is 32.2. The first-order chi connectivity index (χ1) is 12.0.